The fourth-order valence-electron chi connectivity index (χ4n) is 0.986. The Morgan fingerprint density at radius 3 is 2.47 bits per heavy atom. The third-order valence-corrected chi connectivity index (χ3v) is 1.70. The topological polar surface area (TPSA) is 71.8 Å². The number of hydrogen-bond acceptors (Lipinski definition) is 5. The summed E-state index contributed by atoms with van der Waals surface area (Å²) in [6, 6.07) is 2.39. The maximum atomic E-state index is 11.0. The number of ketones is 2. The van der Waals surface area contributed by atoms with Crippen molar-refractivity contribution in [3.8, 4) is 0 Å². The number of Topliss-reactive ketones (excluding diaryl/α,β-unsaturated/α-hetero) is 2. The summed E-state index contributed by atoms with van der Waals surface area (Å²) in [5.74, 6) is -0.620. The van der Waals surface area contributed by atoms with E-state index in [0.29, 0.717) is 5.69 Å². The van der Waals surface area contributed by atoms with Crippen LogP contribution in [0.1, 0.15) is 13.8 Å². The first-order chi connectivity index (χ1) is 7.11. The Morgan fingerprint density at radius 1 is 1.33 bits per heavy atom. The van der Waals surface area contributed by atoms with E-state index in [9.17, 15) is 9.59 Å². The lowest BCUT2D eigenvalue weighted by molar-refractivity contribution is -0.126. The average Bonchev–Trinajstić information content (AvgIpc) is 2.18. The van der Waals surface area contributed by atoms with E-state index >= 15 is 0 Å². The van der Waals surface area contributed by atoms with Gasteiger partial charge in [-0.2, -0.15) is 10.2 Å². The van der Waals surface area contributed by atoms with Gasteiger partial charge in [-0.3, -0.25) is 14.6 Å². The van der Waals surface area contributed by atoms with Crippen LogP contribution in [-0.2, 0) is 9.59 Å². The molecule has 0 unspecified atom stereocenters. The molecule has 78 valence electrons. The van der Waals surface area contributed by atoms with Crippen molar-refractivity contribution in [2.75, 3.05) is 0 Å². The summed E-state index contributed by atoms with van der Waals surface area (Å²) >= 11 is 0. The van der Waals surface area contributed by atoms with E-state index in [1.807, 2.05) is 0 Å². The number of rotatable bonds is 4. The van der Waals surface area contributed by atoms with Gasteiger partial charge < -0.3 is 0 Å². The van der Waals surface area contributed by atoms with Gasteiger partial charge in [0.15, 0.2) is 17.6 Å². The molecule has 0 atom stereocenters. The van der Waals surface area contributed by atoms with Crippen LogP contribution in [0.4, 0.5) is 5.69 Å². The first kappa shape index (κ1) is 11.2. The van der Waals surface area contributed by atoms with Crippen molar-refractivity contribution in [2.24, 2.45) is 10.2 Å². The van der Waals surface area contributed by atoms with Gasteiger partial charge in [-0.25, -0.2) is 0 Å². The molecular formula is C10H11N3O2. The second-order valence-corrected chi connectivity index (χ2v) is 3.05. The zero-order valence-electron chi connectivity index (χ0n) is 8.54. The van der Waals surface area contributed by atoms with Crippen LogP contribution in [-0.4, -0.2) is 22.6 Å². The van der Waals surface area contributed by atoms with E-state index in [1.165, 1.54) is 20.0 Å². The highest BCUT2D eigenvalue weighted by Gasteiger charge is 2.18. The van der Waals surface area contributed by atoms with Gasteiger partial charge in [0.2, 0.25) is 0 Å². The molecule has 0 saturated heterocycles. The summed E-state index contributed by atoms with van der Waals surface area (Å²) in [6.07, 6.45) is 3.10. The maximum absolute atomic E-state index is 11.0. The molecule has 0 N–H and O–H groups in total. The molecule has 1 aromatic heterocycles. The summed E-state index contributed by atoms with van der Waals surface area (Å²) in [7, 11) is 0. The molecule has 0 radical (unpaired) electrons. The minimum Gasteiger partial charge on any atom is -0.297 e. The van der Waals surface area contributed by atoms with Crippen LogP contribution in [0.3, 0.4) is 0 Å². The molecule has 1 heterocycles. The van der Waals surface area contributed by atoms with Gasteiger partial charge >= 0.3 is 0 Å². The maximum Gasteiger partial charge on any atom is 0.187 e. The van der Waals surface area contributed by atoms with Crippen LogP contribution < -0.4 is 0 Å². The highest BCUT2D eigenvalue weighted by atomic mass is 16.2. The minimum absolute atomic E-state index is 0.310. The van der Waals surface area contributed by atoms with Gasteiger partial charge in [0.25, 0.3) is 0 Å². The van der Waals surface area contributed by atoms with E-state index in [4.69, 9.17) is 0 Å². The Bertz CT molecular complexity index is 373. The number of pyridine rings is 1. The first-order valence-corrected chi connectivity index (χ1v) is 4.43. The number of azo groups is 1. The monoisotopic (exact) mass is 205 g/mol. The van der Waals surface area contributed by atoms with Crippen LogP contribution in [0, 0.1) is 0 Å². The molecule has 5 heteroatoms. The molecular weight excluding hydrogens is 194 g/mol. The van der Waals surface area contributed by atoms with Crippen LogP contribution in [0.5, 0.6) is 0 Å². The molecule has 0 saturated carbocycles. The van der Waals surface area contributed by atoms with E-state index in [0.717, 1.165) is 0 Å². The minimum atomic E-state index is -0.995. The lowest BCUT2D eigenvalue weighted by atomic mass is 10.1. The van der Waals surface area contributed by atoms with Crippen molar-refractivity contribution in [1.29, 1.82) is 0 Å². The molecule has 15 heavy (non-hydrogen) atoms. The molecule has 0 aromatic carbocycles. The summed E-state index contributed by atoms with van der Waals surface area (Å²) < 4.78 is 0. The lowest BCUT2D eigenvalue weighted by Crippen LogP contribution is -2.23. The molecule has 0 bridgehead atoms. The second-order valence-electron chi connectivity index (χ2n) is 3.05. The molecule has 0 aliphatic rings. The van der Waals surface area contributed by atoms with Crippen LogP contribution in [0.15, 0.2) is 34.8 Å². The molecule has 0 amide bonds. The van der Waals surface area contributed by atoms with Crippen molar-refractivity contribution in [3.63, 3.8) is 0 Å². The van der Waals surface area contributed by atoms with Crippen molar-refractivity contribution < 1.29 is 9.59 Å². The molecule has 1 aromatic rings. The van der Waals surface area contributed by atoms with Gasteiger partial charge in [-0.05, 0) is 26.0 Å². The zero-order chi connectivity index (χ0) is 11.3. The van der Waals surface area contributed by atoms with E-state index < -0.39 is 6.04 Å². The standard InChI is InChI=1S/C10H11N3O2/c1-7(14)10(8(2)15)13-12-9-4-3-5-11-6-9/h3-6,10H,1-2H3. The number of carbonyl (C=O) groups is 2. The molecule has 0 aliphatic carbocycles. The Hall–Kier alpha value is -1.91. The third-order valence-electron chi connectivity index (χ3n) is 1.70. The van der Waals surface area contributed by atoms with Gasteiger partial charge in [0, 0.05) is 6.20 Å². The second kappa shape index (κ2) is 5.09. The smallest absolute Gasteiger partial charge is 0.187 e. The molecule has 0 spiro atoms. The van der Waals surface area contributed by atoms with Crippen molar-refractivity contribution in [1.82, 2.24) is 4.98 Å². The molecule has 1 rings (SSSR count). The van der Waals surface area contributed by atoms with E-state index in [1.54, 1.807) is 18.3 Å². The van der Waals surface area contributed by atoms with Crippen molar-refractivity contribution in [2.45, 2.75) is 19.9 Å². The largest absolute Gasteiger partial charge is 0.297 e. The molecule has 5 nitrogen and oxygen atoms in total. The number of hydrogen-bond donors (Lipinski definition) is 0. The lowest BCUT2D eigenvalue weighted by Gasteiger charge is -2.01. The van der Waals surface area contributed by atoms with Gasteiger partial charge in [0.1, 0.15) is 5.69 Å². The van der Waals surface area contributed by atoms with Crippen molar-refractivity contribution >= 4 is 17.3 Å². The third kappa shape index (κ3) is 3.38. The molecule has 0 aliphatic heterocycles. The van der Waals surface area contributed by atoms with E-state index in [2.05, 4.69) is 15.2 Å². The average molecular weight is 205 g/mol. The van der Waals surface area contributed by atoms with Crippen LogP contribution >= 0.6 is 0 Å². The van der Waals surface area contributed by atoms with E-state index in [-0.39, 0.29) is 11.6 Å². The van der Waals surface area contributed by atoms with Gasteiger partial charge in [-0.1, -0.05) is 0 Å². The summed E-state index contributed by atoms with van der Waals surface area (Å²) in [5.41, 5.74) is 0.519. The Labute approximate surface area is 87.2 Å². The Balaban J connectivity index is 2.79. The normalized spacial score (nSPS) is 10.9. The van der Waals surface area contributed by atoms with Crippen LogP contribution in [0.25, 0.3) is 0 Å². The Morgan fingerprint density at radius 2 is 2.00 bits per heavy atom. The predicted octanol–water partition coefficient (Wildman–Crippen LogP) is 1.71. The fraction of sp³-hybridized carbons (Fsp3) is 0.300. The van der Waals surface area contributed by atoms with Crippen molar-refractivity contribution in [3.05, 3.63) is 24.5 Å². The van der Waals surface area contributed by atoms with Gasteiger partial charge in [-0.15, -0.1) is 0 Å². The number of nitrogens with zero attached hydrogens (tertiary/aromatic N) is 3. The SMILES string of the molecule is CC(=O)C(N=Nc1cccnc1)C(C)=O. The Kier molecular flexibility index (Phi) is 3.79. The van der Waals surface area contributed by atoms with Gasteiger partial charge in [0.05, 0.1) is 6.20 Å². The van der Waals surface area contributed by atoms with Crippen LogP contribution in [0.2, 0.25) is 0 Å². The summed E-state index contributed by atoms with van der Waals surface area (Å²) in [4.78, 5) is 25.9. The number of aromatic nitrogens is 1. The fourth-order valence-corrected chi connectivity index (χ4v) is 0.986. The summed E-state index contributed by atoms with van der Waals surface area (Å²) in [5, 5.41) is 7.45. The summed E-state index contributed by atoms with van der Waals surface area (Å²) in [6.45, 7) is 2.63. The predicted molar refractivity (Wildman–Crippen MR) is 53.9 cm³/mol. The molecule has 0 fully saturated rings. The highest BCUT2D eigenvalue weighted by molar-refractivity contribution is 6.04. The highest BCUT2D eigenvalue weighted by Crippen LogP contribution is 2.10. The zero-order valence-corrected chi connectivity index (χ0v) is 8.54. The first-order valence-electron chi connectivity index (χ1n) is 4.43. The quantitative estimate of drug-likeness (QED) is 0.554. The number of carbonyl (C=O) groups excluding carboxylic acids is 2.